The molecule has 0 aliphatic heterocycles. The van der Waals surface area contributed by atoms with Crippen LogP contribution in [0.15, 0.2) is 56.6 Å². The van der Waals surface area contributed by atoms with Gasteiger partial charge in [-0.3, -0.25) is 0 Å². The molecule has 2 aromatic carbocycles. The lowest BCUT2D eigenvalue weighted by Gasteiger charge is -2.10. The second-order valence-corrected chi connectivity index (χ2v) is 8.45. The van der Waals surface area contributed by atoms with Gasteiger partial charge in [-0.2, -0.15) is 4.68 Å². The summed E-state index contributed by atoms with van der Waals surface area (Å²) < 4.78 is 8.99. The van der Waals surface area contributed by atoms with Gasteiger partial charge in [0.05, 0.1) is 21.7 Å². The first-order chi connectivity index (χ1) is 13.2. The molecule has 0 unspecified atom stereocenters. The number of thioether (sulfide) groups is 1. The number of nitrogens with one attached hydrogen (secondary N) is 1. The third-order valence-electron chi connectivity index (χ3n) is 3.76. The quantitative estimate of drug-likeness (QED) is 0.337. The molecule has 0 radical (unpaired) electrons. The standard InChI is InChI=1S/C18H19Br2N5OS/c1-26-17-15(19)10-13(11-16(17)20)12-21-8-5-9-27-18-22-23-24-25(18)14-6-3-2-4-7-14/h2-4,6-7,10-11,21H,5,8-9,12H2,1H3. The van der Waals surface area contributed by atoms with Gasteiger partial charge in [0.15, 0.2) is 0 Å². The van der Waals surface area contributed by atoms with E-state index in [0.717, 1.165) is 50.8 Å². The van der Waals surface area contributed by atoms with Gasteiger partial charge in [-0.05, 0) is 85.1 Å². The molecule has 0 aliphatic rings. The van der Waals surface area contributed by atoms with Crippen LogP contribution in [0.4, 0.5) is 0 Å². The monoisotopic (exact) mass is 511 g/mol. The van der Waals surface area contributed by atoms with Gasteiger partial charge in [0.2, 0.25) is 5.16 Å². The van der Waals surface area contributed by atoms with E-state index in [1.807, 2.05) is 30.3 Å². The smallest absolute Gasteiger partial charge is 0.214 e. The van der Waals surface area contributed by atoms with Gasteiger partial charge in [0.25, 0.3) is 0 Å². The highest BCUT2D eigenvalue weighted by atomic mass is 79.9. The van der Waals surface area contributed by atoms with E-state index in [9.17, 15) is 0 Å². The molecular weight excluding hydrogens is 494 g/mol. The Labute approximate surface area is 179 Å². The Morgan fingerprint density at radius 1 is 1.15 bits per heavy atom. The van der Waals surface area contributed by atoms with Crippen molar-refractivity contribution in [1.29, 1.82) is 0 Å². The van der Waals surface area contributed by atoms with Crippen molar-refractivity contribution in [1.82, 2.24) is 25.5 Å². The zero-order valence-electron chi connectivity index (χ0n) is 14.7. The summed E-state index contributed by atoms with van der Waals surface area (Å²) >= 11 is 8.73. The van der Waals surface area contributed by atoms with Crippen molar-refractivity contribution in [3.05, 3.63) is 57.0 Å². The van der Waals surface area contributed by atoms with Crippen LogP contribution in [0.25, 0.3) is 5.69 Å². The highest BCUT2D eigenvalue weighted by molar-refractivity contribution is 9.11. The second-order valence-electron chi connectivity index (χ2n) is 5.68. The maximum absolute atomic E-state index is 5.33. The molecule has 1 heterocycles. The summed E-state index contributed by atoms with van der Waals surface area (Å²) in [6.07, 6.45) is 1.02. The number of rotatable bonds is 9. The van der Waals surface area contributed by atoms with Crippen molar-refractivity contribution in [3.63, 3.8) is 0 Å². The number of nitrogens with zero attached hydrogens (tertiary/aromatic N) is 4. The minimum absolute atomic E-state index is 0.799. The average Bonchev–Trinajstić information content (AvgIpc) is 3.13. The van der Waals surface area contributed by atoms with Crippen LogP contribution >= 0.6 is 43.6 Å². The number of methoxy groups -OCH3 is 1. The molecular formula is C18H19Br2N5OS. The number of ether oxygens (including phenoxy) is 1. The van der Waals surface area contributed by atoms with Gasteiger partial charge in [0.1, 0.15) is 5.75 Å². The van der Waals surface area contributed by atoms with Gasteiger partial charge in [-0.15, -0.1) is 5.10 Å². The minimum Gasteiger partial charge on any atom is -0.494 e. The Morgan fingerprint density at radius 2 is 1.89 bits per heavy atom. The molecule has 1 N–H and O–H groups in total. The third kappa shape index (κ3) is 5.54. The third-order valence-corrected chi connectivity index (χ3v) is 5.95. The second kappa shape index (κ2) is 10.2. The van der Waals surface area contributed by atoms with Crippen LogP contribution in [0.2, 0.25) is 0 Å². The fourth-order valence-corrected chi connectivity index (χ4v) is 4.94. The Balaban J connectivity index is 1.43. The normalized spacial score (nSPS) is 10.9. The van der Waals surface area contributed by atoms with Gasteiger partial charge >= 0.3 is 0 Å². The summed E-state index contributed by atoms with van der Waals surface area (Å²) in [5.74, 6) is 1.75. The zero-order chi connectivity index (χ0) is 19.1. The highest BCUT2D eigenvalue weighted by Crippen LogP contribution is 2.34. The number of benzene rings is 2. The molecule has 9 heteroatoms. The number of halogens is 2. The largest absolute Gasteiger partial charge is 0.494 e. The van der Waals surface area contributed by atoms with Crippen LogP contribution in [0.3, 0.4) is 0 Å². The lowest BCUT2D eigenvalue weighted by molar-refractivity contribution is 0.409. The number of hydrogen-bond donors (Lipinski definition) is 1. The molecule has 0 saturated carbocycles. The van der Waals surface area contributed by atoms with E-state index < -0.39 is 0 Å². The number of tetrazole rings is 1. The van der Waals surface area contributed by atoms with Crippen molar-refractivity contribution in [2.75, 3.05) is 19.4 Å². The number of para-hydroxylation sites is 1. The maximum Gasteiger partial charge on any atom is 0.214 e. The molecule has 0 aliphatic carbocycles. The lowest BCUT2D eigenvalue weighted by Crippen LogP contribution is -2.15. The fraction of sp³-hybridized carbons (Fsp3) is 0.278. The van der Waals surface area contributed by atoms with Crippen LogP contribution < -0.4 is 10.1 Å². The molecule has 0 saturated heterocycles. The van der Waals surface area contributed by atoms with Gasteiger partial charge < -0.3 is 10.1 Å². The molecule has 6 nitrogen and oxygen atoms in total. The van der Waals surface area contributed by atoms with Crippen LogP contribution in [0.1, 0.15) is 12.0 Å². The van der Waals surface area contributed by atoms with E-state index in [-0.39, 0.29) is 0 Å². The molecule has 0 spiro atoms. The Morgan fingerprint density at radius 3 is 2.59 bits per heavy atom. The van der Waals surface area contributed by atoms with Crippen molar-refractivity contribution >= 4 is 43.6 Å². The number of hydrogen-bond acceptors (Lipinski definition) is 6. The SMILES string of the molecule is COc1c(Br)cc(CNCCCSc2nnnn2-c2ccccc2)cc1Br. The number of aromatic nitrogens is 4. The Hall–Kier alpha value is -1.42. The Bertz CT molecular complexity index is 852. The van der Waals surface area contributed by atoms with Crippen LogP contribution in [-0.4, -0.2) is 39.6 Å². The average molecular weight is 513 g/mol. The van der Waals surface area contributed by atoms with E-state index in [1.165, 1.54) is 5.56 Å². The maximum atomic E-state index is 5.33. The molecule has 142 valence electrons. The molecule has 0 bridgehead atoms. The van der Waals surface area contributed by atoms with E-state index in [1.54, 1.807) is 23.6 Å². The first kappa shape index (κ1) is 20.3. The summed E-state index contributed by atoms with van der Waals surface area (Å²) in [5.41, 5.74) is 2.16. The topological polar surface area (TPSA) is 64.9 Å². The predicted molar refractivity (Wildman–Crippen MR) is 115 cm³/mol. The van der Waals surface area contributed by atoms with E-state index in [4.69, 9.17) is 4.74 Å². The van der Waals surface area contributed by atoms with Crippen molar-refractivity contribution in [2.45, 2.75) is 18.1 Å². The summed E-state index contributed by atoms with van der Waals surface area (Å²) in [4.78, 5) is 0. The van der Waals surface area contributed by atoms with Gasteiger partial charge in [-0.25, -0.2) is 0 Å². The summed E-state index contributed by atoms with van der Waals surface area (Å²) in [6.45, 7) is 1.72. The summed E-state index contributed by atoms with van der Waals surface area (Å²) in [5, 5.41) is 16.3. The van der Waals surface area contributed by atoms with Crippen molar-refractivity contribution < 1.29 is 4.74 Å². The minimum atomic E-state index is 0.799. The van der Waals surface area contributed by atoms with Crippen LogP contribution in [-0.2, 0) is 6.54 Å². The highest BCUT2D eigenvalue weighted by Gasteiger charge is 2.09. The summed E-state index contributed by atoms with van der Waals surface area (Å²) in [7, 11) is 1.66. The van der Waals surface area contributed by atoms with Crippen molar-refractivity contribution in [2.24, 2.45) is 0 Å². The summed E-state index contributed by atoms with van der Waals surface area (Å²) in [6, 6.07) is 14.1. The molecule has 0 amide bonds. The lowest BCUT2D eigenvalue weighted by atomic mass is 10.2. The predicted octanol–water partition coefficient (Wildman–Crippen LogP) is 4.47. The van der Waals surface area contributed by atoms with Gasteiger partial charge in [-0.1, -0.05) is 30.0 Å². The fourth-order valence-electron chi connectivity index (χ4n) is 2.50. The van der Waals surface area contributed by atoms with Gasteiger partial charge in [0, 0.05) is 12.3 Å². The first-order valence-corrected chi connectivity index (χ1v) is 11.0. The van der Waals surface area contributed by atoms with Crippen LogP contribution in [0, 0.1) is 0 Å². The van der Waals surface area contributed by atoms with E-state index >= 15 is 0 Å². The van der Waals surface area contributed by atoms with E-state index in [0.29, 0.717) is 0 Å². The van der Waals surface area contributed by atoms with E-state index in [2.05, 4.69) is 64.8 Å². The molecule has 27 heavy (non-hydrogen) atoms. The first-order valence-electron chi connectivity index (χ1n) is 8.38. The molecule has 3 aromatic rings. The zero-order valence-corrected chi connectivity index (χ0v) is 18.7. The molecule has 3 rings (SSSR count). The van der Waals surface area contributed by atoms with Crippen molar-refractivity contribution in [3.8, 4) is 11.4 Å². The molecule has 0 fully saturated rings. The molecule has 1 aromatic heterocycles. The Kier molecular flexibility index (Phi) is 7.69. The molecule has 0 atom stereocenters. The van der Waals surface area contributed by atoms with Crippen LogP contribution in [0.5, 0.6) is 5.75 Å².